The first-order chi connectivity index (χ1) is 8.71. The molecule has 1 aliphatic carbocycles. The number of rotatable bonds is 5. The summed E-state index contributed by atoms with van der Waals surface area (Å²) in [5.41, 5.74) is 0.853. The number of hydrogen-bond donors (Lipinski definition) is 0. The van der Waals surface area contributed by atoms with Crippen LogP contribution in [0.15, 0.2) is 18.2 Å². The molecule has 0 radical (unpaired) electrons. The molecular formula is C14H18O4. The van der Waals surface area contributed by atoms with Crippen LogP contribution in [0.1, 0.15) is 24.3 Å². The molecule has 0 aliphatic heterocycles. The first-order valence-corrected chi connectivity index (χ1v) is 6.01. The fourth-order valence-corrected chi connectivity index (χ4v) is 2.21. The van der Waals surface area contributed by atoms with Crippen molar-refractivity contribution in [2.45, 2.75) is 18.8 Å². The second-order valence-corrected chi connectivity index (χ2v) is 4.45. The first kappa shape index (κ1) is 12.7. The van der Waals surface area contributed by atoms with E-state index in [4.69, 9.17) is 14.2 Å². The van der Waals surface area contributed by atoms with Crippen LogP contribution >= 0.6 is 0 Å². The van der Waals surface area contributed by atoms with Crippen LogP contribution in [0.5, 0.6) is 11.5 Å². The molecular weight excluding hydrogens is 232 g/mol. The summed E-state index contributed by atoms with van der Waals surface area (Å²) >= 11 is 0. The quantitative estimate of drug-likeness (QED) is 0.753. The van der Waals surface area contributed by atoms with Crippen LogP contribution < -0.4 is 9.47 Å². The summed E-state index contributed by atoms with van der Waals surface area (Å²) in [6, 6.07) is 5.51. The van der Waals surface area contributed by atoms with Gasteiger partial charge in [-0.05, 0) is 37.0 Å². The largest absolute Gasteiger partial charge is 0.497 e. The predicted octanol–water partition coefficient (Wildman–Crippen LogP) is 2.37. The van der Waals surface area contributed by atoms with E-state index >= 15 is 0 Å². The summed E-state index contributed by atoms with van der Waals surface area (Å²) < 4.78 is 15.5. The molecule has 18 heavy (non-hydrogen) atoms. The number of ether oxygens (including phenoxy) is 3. The number of hydrogen-bond acceptors (Lipinski definition) is 4. The Morgan fingerprint density at radius 1 is 1.22 bits per heavy atom. The minimum atomic E-state index is -0.250. The number of benzene rings is 1. The lowest BCUT2D eigenvalue weighted by molar-refractivity contribution is -0.143. The van der Waals surface area contributed by atoms with E-state index in [0.29, 0.717) is 11.7 Å². The summed E-state index contributed by atoms with van der Waals surface area (Å²) in [6.07, 6.45) is 2.11. The standard InChI is InChI=1S/C14H18O4/c1-16-10-6-7-12(17-2)11(8-10)13(9-4-5-9)14(15)18-3/h6-9,13H,4-5H2,1-3H3. The number of carbonyl (C=O) groups is 1. The topological polar surface area (TPSA) is 44.8 Å². The molecule has 1 aromatic rings. The summed E-state index contributed by atoms with van der Waals surface area (Å²) in [5.74, 6) is 1.33. The highest BCUT2D eigenvalue weighted by Gasteiger charge is 2.39. The van der Waals surface area contributed by atoms with E-state index in [1.807, 2.05) is 18.2 Å². The van der Waals surface area contributed by atoms with Crippen LogP contribution in [0.4, 0.5) is 0 Å². The second-order valence-electron chi connectivity index (χ2n) is 4.45. The molecule has 0 N–H and O–H groups in total. The monoisotopic (exact) mass is 250 g/mol. The van der Waals surface area contributed by atoms with E-state index in [-0.39, 0.29) is 11.9 Å². The Kier molecular flexibility index (Phi) is 3.75. The average Bonchev–Trinajstić information content (AvgIpc) is 3.23. The van der Waals surface area contributed by atoms with Crippen LogP contribution in [0.3, 0.4) is 0 Å². The molecule has 1 aliphatic rings. The SMILES string of the molecule is COC(=O)C(c1cc(OC)ccc1OC)C1CC1. The van der Waals surface area contributed by atoms with Gasteiger partial charge in [-0.2, -0.15) is 0 Å². The van der Waals surface area contributed by atoms with Gasteiger partial charge in [0.2, 0.25) is 0 Å². The van der Waals surface area contributed by atoms with Crippen molar-refractivity contribution in [3.63, 3.8) is 0 Å². The van der Waals surface area contributed by atoms with Gasteiger partial charge >= 0.3 is 5.97 Å². The molecule has 1 atom stereocenters. The van der Waals surface area contributed by atoms with Gasteiger partial charge in [0.15, 0.2) is 0 Å². The minimum Gasteiger partial charge on any atom is -0.497 e. The molecule has 0 saturated heterocycles. The van der Waals surface area contributed by atoms with Crippen LogP contribution in [0.2, 0.25) is 0 Å². The van der Waals surface area contributed by atoms with Crippen molar-refractivity contribution in [2.75, 3.05) is 21.3 Å². The molecule has 1 unspecified atom stereocenters. The van der Waals surface area contributed by atoms with Crippen molar-refractivity contribution in [3.8, 4) is 11.5 Å². The summed E-state index contributed by atoms with van der Waals surface area (Å²) in [4.78, 5) is 11.9. The first-order valence-electron chi connectivity index (χ1n) is 6.01. The van der Waals surface area contributed by atoms with Crippen molar-refractivity contribution in [2.24, 2.45) is 5.92 Å². The smallest absolute Gasteiger partial charge is 0.313 e. The third-order valence-electron chi connectivity index (χ3n) is 3.32. The third kappa shape index (κ3) is 2.42. The maximum Gasteiger partial charge on any atom is 0.313 e. The molecule has 2 rings (SSSR count). The van der Waals surface area contributed by atoms with E-state index in [9.17, 15) is 4.79 Å². The van der Waals surface area contributed by atoms with E-state index in [1.165, 1.54) is 7.11 Å². The Balaban J connectivity index is 2.41. The zero-order valence-corrected chi connectivity index (χ0v) is 10.9. The third-order valence-corrected chi connectivity index (χ3v) is 3.32. The van der Waals surface area contributed by atoms with Gasteiger partial charge in [0, 0.05) is 5.56 Å². The molecule has 0 aromatic heterocycles. The number of esters is 1. The molecule has 0 bridgehead atoms. The predicted molar refractivity (Wildman–Crippen MR) is 67.0 cm³/mol. The van der Waals surface area contributed by atoms with Gasteiger partial charge in [-0.25, -0.2) is 0 Å². The fourth-order valence-electron chi connectivity index (χ4n) is 2.21. The van der Waals surface area contributed by atoms with Crippen LogP contribution in [-0.2, 0) is 9.53 Å². The Morgan fingerprint density at radius 3 is 2.44 bits per heavy atom. The highest BCUT2D eigenvalue weighted by molar-refractivity contribution is 5.80. The normalized spacial score (nSPS) is 15.9. The lowest BCUT2D eigenvalue weighted by Gasteiger charge is -2.18. The summed E-state index contributed by atoms with van der Waals surface area (Å²) in [7, 11) is 4.63. The molecule has 1 fully saturated rings. The van der Waals surface area contributed by atoms with Crippen molar-refractivity contribution in [1.82, 2.24) is 0 Å². The van der Waals surface area contributed by atoms with Crippen LogP contribution in [0, 0.1) is 5.92 Å². The van der Waals surface area contributed by atoms with Crippen molar-refractivity contribution < 1.29 is 19.0 Å². The van der Waals surface area contributed by atoms with Gasteiger partial charge in [-0.1, -0.05) is 0 Å². The van der Waals surface area contributed by atoms with Crippen LogP contribution in [-0.4, -0.2) is 27.3 Å². The molecule has 0 heterocycles. The van der Waals surface area contributed by atoms with Crippen molar-refractivity contribution in [3.05, 3.63) is 23.8 Å². The van der Waals surface area contributed by atoms with Crippen LogP contribution in [0.25, 0.3) is 0 Å². The molecule has 0 amide bonds. The van der Waals surface area contributed by atoms with Gasteiger partial charge in [0.05, 0.1) is 27.2 Å². The van der Waals surface area contributed by atoms with E-state index in [1.54, 1.807) is 14.2 Å². The van der Waals surface area contributed by atoms with Gasteiger partial charge in [0.25, 0.3) is 0 Å². The zero-order valence-electron chi connectivity index (χ0n) is 10.9. The van der Waals surface area contributed by atoms with Gasteiger partial charge in [0.1, 0.15) is 11.5 Å². The van der Waals surface area contributed by atoms with Gasteiger partial charge < -0.3 is 14.2 Å². The Bertz CT molecular complexity index is 437. The minimum absolute atomic E-state index is 0.205. The summed E-state index contributed by atoms with van der Waals surface area (Å²) in [6.45, 7) is 0. The molecule has 0 spiro atoms. The summed E-state index contributed by atoms with van der Waals surface area (Å²) in [5, 5.41) is 0. The number of methoxy groups -OCH3 is 3. The fraction of sp³-hybridized carbons (Fsp3) is 0.500. The lowest BCUT2D eigenvalue weighted by Crippen LogP contribution is -2.17. The van der Waals surface area contributed by atoms with E-state index in [2.05, 4.69) is 0 Å². The molecule has 1 saturated carbocycles. The van der Waals surface area contributed by atoms with Gasteiger partial charge in [-0.15, -0.1) is 0 Å². The van der Waals surface area contributed by atoms with Gasteiger partial charge in [-0.3, -0.25) is 4.79 Å². The number of carbonyl (C=O) groups excluding carboxylic acids is 1. The molecule has 98 valence electrons. The van der Waals surface area contributed by atoms with E-state index in [0.717, 1.165) is 24.2 Å². The Hall–Kier alpha value is -1.71. The Labute approximate surface area is 107 Å². The van der Waals surface area contributed by atoms with Crippen molar-refractivity contribution in [1.29, 1.82) is 0 Å². The Morgan fingerprint density at radius 2 is 1.94 bits per heavy atom. The van der Waals surface area contributed by atoms with E-state index < -0.39 is 0 Å². The lowest BCUT2D eigenvalue weighted by atomic mass is 9.93. The zero-order chi connectivity index (χ0) is 13.1. The highest BCUT2D eigenvalue weighted by Crippen LogP contribution is 2.46. The highest BCUT2D eigenvalue weighted by atomic mass is 16.5. The average molecular weight is 250 g/mol. The second kappa shape index (κ2) is 5.29. The maximum absolute atomic E-state index is 11.9. The van der Waals surface area contributed by atoms with Crippen molar-refractivity contribution >= 4 is 5.97 Å². The molecule has 4 nitrogen and oxygen atoms in total. The molecule has 1 aromatic carbocycles. The maximum atomic E-state index is 11.9. The molecule has 4 heteroatoms.